The lowest BCUT2D eigenvalue weighted by Crippen LogP contribution is -2.47. The summed E-state index contributed by atoms with van der Waals surface area (Å²) >= 11 is 5.77. The van der Waals surface area contributed by atoms with Gasteiger partial charge in [0.05, 0.1) is 18.2 Å². The molecule has 238 valence electrons. The molecule has 1 N–H and O–H groups in total. The molecule has 45 heavy (non-hydrogen) atoms. The Balaban J connectivity index is 1.24. The van der Waals surface area contributed by atoms with E-state index in [4.69, 9.17) is 25.8 Å². The summed E-state index contributed by atoms with van der Waals surface area (Å²) in [5.41, 5.74) is 4.96. The van der Waals surface area contributed by atoms with Gasteiger partial charge in [-0.15, -0.1) is 11.6 Å². The first-order valence-corrected chi connectivity index (χ1v) is 16.6. The minimum absolute atomic E-state index is 0.0194. The normalized spacial score (nSPS) is 19.5. The standard InChI is InChI=1S/C36H42ClN3O5/c1-43-19-4-18-39-33-22-29(11-14-34(33)45-24-35(39)41)40(28-9-10-28)36(42)32-23-38-17-15-31(32)27-6-2-5-26(21-27)25-7-12-30(13-8-25)44-20-3-16-37/h2,5-8,11-14,21-22,28,31-32,38H,3-4,9-10,15-20,23-24H2,1H3/t31-,32+/m1/s1. The number of carbonyl (C=O) groups is 2. The first kappa shape index (κ1) is 31.4. The second-order valence-corrected chi connectivity index (χ2v) is 12.4. The fraction of sp³-hybridized carbons (Fsp3) is 0.444. The molecule has 0 aromatic heterocycles. The highest BCUT2D eigenvalue weighted by atomic mass is 35.5. The lowest BCUT2D eigenvalue weighted by Gasteiger charge is -2.36. The van der Waals surface area contributed by atoms with E-state index in [1.54, 1.807) is 12.0 Å². The number of carbonyl (C=O) groups excluding carboxylic acids is 2. The summed E-state index contributed by atoms with van der Waals surface area (Å²) < 4.78 is 16.8. The molecule has 0 radical (unpaired) electrons. The molecule has 3 aliphatic rings. The van der Waals surface area contributed by atoms with Crippen LogP contribution in [-0.4, -0.2) is 70.3 Å². The molecule has 3 aromatic carbocycles. The van der Waals surface area contributed by atoms with Crippen LogP contribution in [0.1, 0.15) is 43.6 Å². The van der Waals surface area contributed by atoms with Crippen LogP contribution >= 0.6 is 11.6 Å². The molecule has 8 nitrogen and oxygen atoms in total. The maximum Gasteiger partial charge on any atom is 0.265 e. The van der Waals surface area contributed by atoms with Crippen LogP contribution < -0.4 is 24.6 Å². The highest BCUT2D eigenvalue weighted by Gasteiger charge is 2.41. The summed E-state index contributed by atoms with van der Waals surface area (Å²) in [6, 6.07) is 22.8. The predicted molar refractivity (Wildman–Crippen MR) is 178 cm³/mol. The van der Waals surface area contributed by atoms with Crippen molar-refractivity contribution in [2.45, 2.75) is 44.1 Å². The molecule has 2 heterocycles. The molecule has 1 saturated carbocycles. The number of hydrogen-bond acceptors (Lipinski definition) is 6. The summed E-state index contributed by atoms with van der Waals surface area (Å²) in [7, 11) is 1.66. The second kappa shape index (κ2) is 14.7. The quantitative estimate of drug-likeness (QED) is 0.184. The average molecular weight is 632 g/mol. The van der Waals surface area contributed by atoms with Gasteiger partial charge in [0.25, 0.3) is 5.91 Å². The van der Waals surface area contributed by atoms with Gasteiger partial charge in [0.2, 0.25) is 5.91 Å². The van der Waals surface area contributed by atoms with E-state index in [9.17, 15) is 9.59 Å². The van der Waals surface area contributed by atoms with Gasteiger partial charge in [-0.25, -0.2) is 0 Å². The minimum atomic E-state index is -0.209. The van der Waals surface area contributed by atoms with Crippen LogP contribution in [0.15, 0.2) is 66.7 Å². The third-order valence-corrected chi connectivity index (χ3v) is 9.16. The largest absolute Gasteiger partial charge is 0.494 e. The molecule has 3 aromatic rings. The van der Waals surface area contributed by atoms with Crippen LogP contribution in [0.2, 0.25) is 0 Å². The number of benzene rings is 3. The lowest BCUT2D eigenvalue weighted by molar-refractivity contribution is -0.123. The first-order chi connectivity index (χ1) is 22.1. The number of hydrogen-bond donors (Lipinski definition) is 1. The van der Waals surface area contributed by atoms with Crippen LogP contribution in [0.25, 0.3) is 11.1 Å². The summed E-state index contributed by atoms with van der Waals surface area (Å²) in [4.78, 5) is 31.1. The highest BCUT2D eigenvalue weighted by molar-refractivity contribution is 6.17. The number of alkyl halides is 1. The van der Waals surface area contributed by atoms with E-state index in [1.165, 1.54) is 5.56 Å². The second-order valence-electron chi connectivity index (χ2n) is 12.0. The molecule has 0 unspecified atom stereocenters. The number of nitrogens with one attached hydrogen (secondary N) is 1. The van der Waals surface area contributed by atoms with E-state index in [-0.39, 0.29) is 36.3 Å². The van der Waals surface area contributed by atoms with Crippen molar-refractivity contribution in [2.75, 3.05) is 62.2 Å². The summed E-state index contributed by atoms with van der Waals surface area (Å²) in [6.07, 6.45) is 4.36. The Morgan fingerprint density at radius 2 is 1.87 bits per heavy atom. The van der Waals surface area contributed by atoms with Crippen molar-refractivity contribution in [3.8, 4) is 22.6 Å². The number of halogens is 1. The number of amides is 2. The van der Waals surface area contributed by atoms with Gasteiger partial charge in [-0.3, -0.25) is 9.59 Å². The van der Waals surface area contributed by atoms with E-state index < -0.39 is 0 Å². The molecule has 2 amide bonds. The van der Waals surface area contributed by atoms with Crippen LogP contribution in [0.5, 0.6) is 11.5 Å². The molecular formula is C36H42ClN3O5. The SMILES string of the molecule is COCCCN1C(=O)COc2ccc(N(C(=O)[C@H]3CNCC[C@@H]3c3cccc(-c4ccc(OCCCCl)cc4)c3)C3CC3)cc21. The van der Waals surface area contributed by atoms with Crippen molar-refractivity contribution in [3.05, 3.63) is 72.3 Å². The van der Waals surface area contributed by atoms with Crippen molar-refractivity contribution < 1.29 is 23.8 Å². The molecule has 0 spiro atoms. The molecule has 2 atom stereocenters. The molecular weight excluding hydrogens is 590 g/mol. The monoisotopic (exact) mass is 631 g/mol. The Morgan fingerprint density at radius 3 is 2.64 bits per heavy atom. The zero-order chi connectivity index (χ0) is 31.2. The Bertz CT molecular complexity index is 1480. The van der Waals surface area contributed by atoms with Gasteiger partial charge in [0, 0.05) is 44.4 Å². The highest BCUT2D eigenvalue weighted by Crippen LogP contribution is 2.42. The van der Waals surface area contributed by atoms with Crippen LogP contribution in [0.3, 0.4) is 0 Å². The predicted octanol–water partition coefficient (Wildman–Crippen LogP) is 6.01. The Hall–Kier alpha value is -3.59. The maximum absolute atomic E-state index is 14.5. The Labute approximate surface area is 270 Å². The molecule has 6 rings (SSSR count). The summed E-state index contributed by atoms with van der Waals surface area (Å²) in [5, 5.41) is 3.49. The van der Waals surface area contributed by atoms with Crippen LogP contribution in [0, 0.1) is 5.92 Å². The zero-order valence-corrected chi connectivity index (χ0v) is 26.6. The van der Waals surface area contributed by atoms with Crippen molar-refractivity contribution in [2.24, 2.45) is 5.92 Å². The number of methoxy groups -OCH3 is 1. The van der Waals surface area contributed by atoms with Crippen molar-refractivity contribution in [1.29, 1.82) is 0 Å². The third kappa shape index (κ3) is 7.29. The Kier molecular flexibility index (Phi) is 10.2. The number of ether oxygens (including phenoxy) is 3. The molecule has 2 aliphatic heterocycles. The molecule has 9 heteroatoms. The van der Waals surface area contributed by atoms with Gasteiger partial charge in [-0.05, 0) is 91.6 Å². The smallest absolute Gasteiger partial charge is 0.265 e. The van der Waals surface area contributed by atoms with Gasteiger partial charge in [0.1, 0.15) is 11.5 Å². The van der Waals surface area contributed by atoms with Gasteiger partial charge in [-0.1, -0.05) is 36.4 Å². The Morgan fingerprint density at radius 1 is 1.02 bits per heavy atom. The molecule has 2 fully saturated rings. The number of anilines is 2. The van der Waals surface area contributed by atoms with E-state index in [0.29, 0.717) is 37.9 Å². The molecule has 0 bridgehead atoms. The number of nitrogens with zero attached hydrogens (tertiary/aromatic N) is 2. The van der Waals surface area contributed by atoms with Crippen LogP contribution in [0.4, 0.5) is 11.4 Å². The topological polar surface area (TPSA) is 80.3 Å². The van der Waals surface area contributed by atoms with Gasteiger partial charge < -0.3 is 29.3 Å². The molecule has 1 saturated heterocycles. The summed E-state index contributed by atoms with van der Waals surface area (Å²) in [6.45, 7) is 3.22. The first-order valence-electron chi connectivity index (χ1n) is 16.1. The van der Waals surface area contributed by atoms with E-state index in [0.717, 1.165) is 66.9 Å². The van der Waals surface area contributed by atoms with Crippen LogP contribution in [-0.2, 0) is 14.3 Å². The van der Waals surface area contributed by atoms with E-state index in [2.05, 4.69) is 41.7 Å². The van der Waals surface area contributed by atoms with Crippen molar-refractivity contribution >= 4 is 34.8 Å². The number of piperidine rings is 1. The number of rotatable bonds is 13. The lowest BCUT2D eigenvalue weighted by atomic mass is 9.79. The zero-order valence-electron chi connectivity index (χ0n) is 25.9. The van der Waals surface area contributed by atoms with Gasteiger partial charge >= 0.3 is 0 Å². The fourth-order valence-corrected chi connectivity index (χ4v) is 6.55. The minimum Gasteiger partial charge on any atom is -0.494 e. The third-order valence-electron chi connectivity index (χ3n) is 8.89. The number of fused-ring (bicyclic) bond motifs is 1. The van der Waals surface area contributed by atoms with Gasteiger partial charge in [-0.2, -0.15) is 0 Å². The summed E-state index contributed by atoms with van der Waals surface area (Å²) in [5.74, 6) is 2.02. The van der Waals surface area contributed by atoms with E-state index in [1.807, 2.05) is 35.2 Å². The van der Waals surface area contributed by atoms with Crippen molar-refractivity contribution in [1.82, 2.24) is 5.32 Å². The van der Waals surface area contributed by atoms with E-state index >= 15 is 0 Å². The molecule has 1 aliphatic carbocycles. The van der Waals surface area contributed by atoms with Crippen molar-refractivity contribution in [3.63, 3.8) is 0 Å². The maximum atomic E-state index is 14.5. The fourth-order valence-electron chi connectivity index (χ4n) is 6.44. The average Bonchev–Trinajstić information content (AvgIpc) is 3.92. The van der Waals surface area contributed by atoms with Gasteiger partial charge in [0.15, 0.2) is 6.61 Å².